The second-order valence-corrected chi connectivity index (χ2v) is 7.99. The second-order valence-electron chi connectivity index (χ2n) is 7.14. The molecule has 0 bridgehead atoms. The van der Waals surface area contributed by atoms with Crippen LogP contribution in [0.25, 0.3) is 0 Å². The summed E-state index contributed by atoms with van der Waals surface area (Å²) in [5, 5.41) is 4.97. The Morgan fingerprint density at radius 1 is 0.879 bits per heavy atom. The number of para-hydroxylation sites is 1. The van der Waals surface area contributed by atoms with Crippen molar-refractivity contribution in [2.75, 3.05) is 5.32 Å². The molecule has 0 saturated carbocycles. The van der Waals surface area contributed by atoms with Crippen LogP contribution in [0.1, 0.15) is 27.2 Å². The first-order valence-electron chi connectivity index (χ1n) is 10.1. The third kappa shape index (κ3) is 6.44. The number of benzene rings is 3. The smallest absolute Gasteiger partial charge is 0.261 e. The fourth-order valence-electron chi connectivity index (χ4n) is 3.06. The van der Waals surface area contributed by atoms with Crippen LogP contribution in [0.4, 0.5) is 13.9 Å². The van der Waals surface area contributed by atoms with Crippen molar-refractivity contribution in [1.82, 2.24) is 4.98 Å². The molecule has 0 saturated heterocycles. The number of hydrogen-bond donors (Lipinski definition) is 1. The number of carbonyl (C=O) groups excluding carboxylic acids is 1. The molecule has 0 fully saturated rings. The molecule has 0 radical (unpaired) electrons. The predicted molar refractivity (Wildman–Crippen MR) is 122 cm³/mol. The Kier molecular flexibility index (Phi) is 7.39. The van der Waals surface area contributed by atoms with Crippen molar-refractivity contribution in [2.45, 2.75) is 19.8 Å². The first-order chi connectivity index (χ1) is 16.1. The number of thiazole rings is 1. The van der Waals surface area contributed by atoms with Crippen molar-refractivity contribution in [3.63, 3.8) is 0 Å². The Bertz CT molecular complexity index is 1250. The zero-order chi connectivity index (χ0) is 23.0. The van der Waals surface area contributed by atoms with E-state index in [0.29, 0.717) is 27.7 Å². The zero-order valence-electron chi connectivity index (χ0n) is 17.5. The molecular weight excluding hydrogens is 446 g/mol. The van der Waals surface area contributed by atoms with E-state index >= 15 is 0 Å². The molecule has 1 N–H and O–H groups in total. The van der Waals surface area contributed by atoms with Gasteiger partial charge in [0, 0.05) is 5.38 Å². The molecule has 0 spiro atoms. The van der Waals surface area contributed by atoms with Crippen LogP contribution in [0.5, 0.6) is 5.75 Å². The average molecular weight is 467 g/mol. The molecule has 33 heavy (non-hydrogen) atoms. The fourth-order valence-corrected chi connectivity index (χ4v) is 3.75. The van der Waals surface area contributed by atoms with Crippen LogP contribution >= 0.6 is 11.3 Å². The molecule has 4 rings (SSSR count). The molecule has 0 aliphatic heterocycles. The Balaban J connectivity index is 1.33. The van der Waals surface area contributed by atoms with E-state index < -0.39 is 0 Å². The topological polar surface area (TPSA) is 60.5 Å². The van der Waals surface area contributed by atoms with E-state index in [-0.39, 0.29) is 37.4 Å². The van der Waals surface area contributed by atoms with Crippen LogP contribution in [0.2, 0.25) is 0 Å². The van der Waals surface area contributed by atoms with Crippen LogP contribution in [-0.4, -0.2) is 10.9 Å². The first kappa shape index (κ1) is 22.6. The number of nitrogens with one attached hydrogen (secondary N) is 1. The quantitative estimate of drug-likeness (QED) is 0.330. The lowest BCUT2D eigenvalue weighted by Crippen LogP contribution is -2.13. The highest BCUT2D eigenvalue weighted by Crippen LogP contribution is 2.23. The van der Waals surface area contributed by atoms with Crippen molar-refractivity contribution in [2.24, 2.45) is 0 Å². The van der Waals surface area contributed by atoms with Crippen molar-refractivity contribution in [3.8, 4) is 5.75 Å². The summed E-state index contributed by atoms with van der Waals surface area (Å²) in [5.41, 5.74) is 2.39. The van der Waals surface area contributed by atoms with Crippen LogP contribution in [0.15, 0.2) is 78.2 Å². The third-order valence-electron chi connectivity index (χ3n) is 4.59. The van der Waals surface area contributed by atoms with E-state index in [2.05, 4.69) is 10.3 Å². The van der Waals surface area contributed by atoms with E-state index in [0.717, 1.165) is 5.56 Å². The Morgan fingerprint density at radius 2 is 1.58 bits per heavy atom. The summed E-state index contributed by atoms with van der Waals surface area (Å²) in [6, 6.07) is 19.1. The highest BCUT2D eigenvalue weighted by Gasteiger charge is 2.14. The van der Waals surface area contributed by atoms with Gasteiger partial charge in [-0.2, -0.15) is 0 Å². The van der Waals surface area contributed by atoms with E-state index in [9.17, 15) is 13.6 Å². The van der Waals surface area contributed by atoms with Crippen LogP contribution < -0.4 is 10.1 Å². The number of aromatic nitrogens is 1. The Labute approximate surface area is 193 Å². The average Bonchev–Trinajstić information content (AvgIpc) is 3.25. The van der Waals surface area contributed by atoms with Gasteiger partial charge in [-0.05, 0) is 47.5 Å². The van der Waals surface area contributed by atoms with Gasteiger partial charge in [0.1, 0.15) is 24.0 Å². The van der Waals surface area contributed by atoms with E-state index in [4.69, 9.17) is 9.47 Å². The molecule has 0 aliphatic carbocycles. The number of ether oxygens (including phenoxy) is 2. The van der Waals surface area contributed by atoms with Crippen molar-refractivity contribution < 1.29 is 23.0 Å². The van der Waals surface area contributed by atoms with Crippen molar-refractivity contribution >= 4 is 22.4 Å². The largest absolute Gasteiger partial charge is 0.488 e. The van der Waals surface area contributed by atoms with Crippen molar-refractivity contribution in [3.05, 3.63) is 112 Å². The van der Waals surface area contributed by atoms with Gasteiger partial charge in [-0.3, -0.25) is 10.1 Å². The van der Waals surface area contributed by atoms with E-state index in [1.807, 2.05) is 0 Å². The van der Waals surface area contributed by atoms with Crippen LogP contribution in [-0.2, 0) is 24.6 Å². The zero-order valence-corrected chi connectivity index (χ0v) is 18.3. The summed E-state index contributed by atoms with van der Waals surface area (Å²) in [7, 11) is 0. The molecule has 1 aromatic heterocycles. The van der Waals surface area contributed by atoms with Gasteiger partial charge in [0.25, 0.3) is 5.91 Å². The molecule has 8 heteroatoms. The van der Waals surface area contributed by atoms with Crippen molar-refractivity contribution in [1.29, 1.82) is 0 Å². The highest BCUT2D eigenvalue weighted by atomic mass is 32.1. The molecule has 1 amide bonds. The number of nitrogens with zero attached hydrogens (tertiary/aromatic N) is 1. The molecule has 168 valence electrons. The number of halogens is 2. The first-order valence-corrected chi connectivity index (χ1v) is 11.0. The molecular formula is C25H20F2N2O3S. The van der Waals surface area contributed by atoms with Gasteiger partial charge in [-0.25, -0.2) is 13.8 Å². The molecule has 0 atom stereocenters. The Hall–Kier alpha value is -3.62. The number of anilines is 1. The monoisotopic (exact) mass is 466 g/mol. The summed E-state index contributed by atoms with van der Waals surface area (Å²) in [6.07, 6.45) is 0. The summed E-state index contributed by atoms with van der Waals surface area (Å²) < 4.78 is 37.9. The fraction of sp³-hybridized carbons (Fsp3) is 0.120. The maximum Gasteiger partial charge on any atom is 0.261 e. The van der Waals surface area contributed by atoms with E-state index in [1.165, 1.54) is 35.6 Å². The SMILES string of the molecule is O=C(Nc1nc(COCc2cccc(F)c2)cs1)c1ccccc1OCc1cccc(F)c1. The second kappa shape index (κ2) is 10.8. The van der Waals surface area contributed by atoms with Gasteiger partial charge < -0.3 is 9.47 Å². The van der Waals surface area contributed by atoms with Gasteiger partial charge in [0.05, 0.1) is 24.5 Å². The minimum Gasteiger partial charge on any atom is -0.488 e. The maximum atomic E-state index is 13.4. The van der Waals surface area contributed by atoms with Gasteiger partial charge in [-0.1, -0.05) is 36.4 Å². The summed E-state index contributed by atoms with van der Waals surface area (Å²) in [4.78, 5) is 17.2. The van der Waals surface area contributed by atoms with E-state index in [1.54, 1.807) is 53.9 Å². The standard InChI is InChI=1S/C25H20F2N2O3S/c26-19-7-3-5-17(11-19)13-31-15-21-16-33-25(28-21)29-24(30)22-9-1-2-10-23(22)32-14-18-6-4-8-20(27)12-18/h1-12,16H,13-15H2,(H,28,29,30). The lowest BCUT2D eigenvalue weighted by Gasteiger charge is -2.11. The van der Waals surface area contributed by atoms with Gasteiger partial charge >= 0.3 is 0 Å². The normalized spacial score (nSPS) is 10.7. The predicted octanol–water partition coefficient (Wildman–Crippen LogP) is 5.97. The van der Waals surface area contributed by atoms with Gasteiger partial charge in [0.2, 0.25) is 0 Å². The third-order valence-corrected chi connectivity index (χ3v) is 5.40. The molecule has 4 aromatic rings. The van der Waals surface area contributed by atoms with Gasteiger partial charge in [0.15, 0.2) is 5.13 Å². The molecule has 0 aliphatic rings. The maximum absolute atomic E-state index is 13.4. The summed E-state index contributed by atoms with van der Waals surface area (Å²) in [5.74, 6) is -0.641. The lowest BCUT2D eigenvalue weighted by molar-refractivity contribution is 0.102. The molecule has 1 heterocycles. The Morgan fingerprint density at radius 3 is 2.30 bits per heavy atom. The van der Waals surface area contributed by atoms with Crippen LogP contribution in [0.3, 0.4) is 0 Å². The highest BCUT2D eigenvalue weighted by molar-refractivity contribution is 7.14. The molecule has 0 unspecified atom stereocenters. The summed E-state index contributed by atoms with van der Waals surface area (Å²) in [6.45, 7) is 0.620. The lowest BCUT2D eigenvalue weighted by atomic mass is 10.2. The van der Waals surface area contributed by atoms with Crippen LogP contribution in [0, 0.1) is 11.6 Å². The number of amides is 1. The number of carbonyl (C=O) groups is 1. The molecule has 5 nitrogen and oxygen atoms in total. The minimum atomic E-state index is -0.369. The number of rotatable bonds is 9. The minimum absolute atomic E-state index is 0.131. The van der Waals surface area contributed by atoms with Gasteiger partial charge in [-0.15, -0.1) is 11.3 Å². The number of hydrogen-bond acceptors (Lipinski definition) is 5. The summed E-state index contributed by atoms with van der Waals surface area (Å²) >= 11 is 1.27. The molecule has 3 aromatic carbocycles.